The van der Waals surface area contributed by atoms with Crippen LogP contribution >= 0.6 is 0 Å². The van der Waals surface area contributed by atoms with E-state index in [0.29, 0.717) is 25.7 Å². The molecule has 10 nitrogen and oxygen atoms in total. The van der Waals surface area contributed by atoms with E-state index in [1.165, 1.54) is 11.9 Å². The van der Waals surface area contributed by atoms with Crippen LogP contribution in [0.2, 0.25) is 0 Å². The fourth-order valence-corrected chi connectivity index (χ4v) is 3.50. The Morgan fingerprint density at radius 2 is 1.90 bits per heavy atom. The molecule has 29 heavy (non-hydrogen) atoms. The molecule has 0 spiro atoms. The quantitative estimate of drug-likeness (QED) is 0.633. The normalized spacial score (nSPS) is 22.1. The largest absolute Gasteiger partial charge is 0.501 e. The average molecular weight is 411 g/mol. The van der Waals surface area contributed by atoms with Crippen LogP contribution in [-0.2, 0) is 15.0 Å². The summed E-state index contributed by atoms with van der Waals surface area (Å²) in [7, 11) is 2.65. The smallest absolute Gasteiger partial charge is 0.410 e. The lowest BCUT2D eigenvalue weighted by Crippen LogP contribution is -2.52. The maximum atomic E-state index is 12.8. The Bertz CT molecular complexity index is 820. The summed E-state index contributed by atoms with van der Waals surface area (Å²) in [6.07, 6.45) is 1.28. The predicted octanol–water partition coefficient (Wildman–Crippen LogP) is 1.51. The third kappa shape index (κ3) is 4.69. The third-order valence-electron chi connectivity index (χ3n) is 5.21. The SMILES string of the molecule is COC(=O)c1nc([C@]2(N(C)C(=O)OC(C)(C)C)CC[C@@H](CO)CC2)[nH]c(=O)c1O. The molecule has 1 amide bonds. The molecule has 0 bridgehead atoms. The molecule has 1 saturated carbocycles. The number of amides is 1. The summed E-state index contributed by atoms with van der Waals surface area (Å²) >= 11 is 0. The van der Waals surface area contributed by atoms with E-state index in [0.717, 1.165) is 7.11 Å². The van der Waals surface area contributed by atoms with Gasteiger partial charge < -0.3 is 24.7 Å². The number of nitrogens with zero attached hydrogens (tertiary/aromatic N) is 2. The number of nitrogens with one attached hydrogen (secondary N) is 1. The summed E-state index contributed by atoms with van der Waals surface area (Å²) in [6.45, 7) is 5.23. The molecule has 1 aromatic heterocycles. The van der Waals surface area contributed by atoms with Crippen LogP contribution in [0, 0.1) is 5.92 Å². The zero-order chi connectivity index (χ0) is 22.0. The van der Waals surface area contributed by atoms with Crippen molar-refractivity contribution in [2.24, 2.45) is 5.92 Å². The second-order valence-corrected chi connectivity index (χ2v) is 8.30. The number of methoxy groups -OCH3 is 1. The maximum absolute atomic E-state index is 12.8. The van der Waals surface area contributed by atoms with Crippen molar-refractivity contribution in [3.05, 3.63) is 21.9 Å². The minimum atomic E-state index is -1.08. The van der Waals surface area contributed by atoms with Crippen LogP contribution in [-0.4, -0.2) is 63.5 Å². The monoisotopic (exact) mass is 411 g/mol. The predicted molar refractivity (Wildman–Crippen MR) is 103 cm³/mol. The first-order chi connectivity index (χ1) is 13.4. The van der Waals surface area contributed by atoms with Gasteiger partial charge in [0.25, 0.3) is 5.56 Å². The number of carbonyl (C=O) groups is 2. The van der Waals surface area contributed by atoms with E-state index in [1.807, 2.05) is 0 Å². The molecule has 1 aliphatic rings. The van der Waals surface area contributed by atoms with Gasteiger partial charge in [0.15, 0.2) is 5.69 Å². The van der Waals surface area contributed by atoms with Crippen LogP contribution in [0.4, 0.5) is 4.79 Å². The zero-order valence-electron chi connectivity index (χ0n) is 17.4. The first kappa shape index (κ1) is 22.7. The molecule has 0 unspecified atom stereocenters. The molecular formula is C19H29N3O7. The summed E-state index contributed by atoms with van der Waals surface area (Å²) in [5, 5.41) is 19.4. The molecule has 0 atom stereocenters. The van der Waals surface area contributed by atoms with Crippen LogP contribution in [0.5, 0.6) is 5.75 Å². The van der Waals surface area contributed by atoms with E-state index in [1.54, 1.807) is 20.8 Å². The van der Waals surface area contributed by atoms with Crippen LogP contribution in [0.15, 0.2) is 4.79 Å². The van der Waals surface area contributed by atoms with Crippen molar-refractivity contribution in [3.8, 4) is 5.75 Å². The molecule has 0 aliphatic heterocycles. The number of aliphatic hydroxyl groups excluding tert-OH is 1. The average Bonchev–Trinajstić information content (AvgIpc) is 2.67. The van der Waals surface area contributed by atoms with E-state index in [9.17, 15) is 24.6 Å². The third-order valence-corrected chi connectivity index (χ3v) is 5.21. The second-order valence-electron chi connectivity index (χ2n) is 8.30. The fraction of sp³-hybridized carbons (Fsp3) is 0.684. The van der Waals surface area contributed by atoms with Crippen molar-refractivity contribution >= 4 is 12.1 Å². The first-order valence-corrected chi connectivity index (χ1v) is 9.45. The van der Waals surface area contributed by atoms with Gasteiger partial charge >= 0.3 is 12.1 Å². The lowest BCUT2D eigenvalue weighted by atomic mass is 9.75. The van der Waals surface area contributed by atoms with Gasteiger partial charge in [-0.15, -0.1) is 0 Å². The number of hydrogen-bond acceptors (Lipinski definition) is 8. The van der Waals surface area contributed by atoms with E-state index >= 15 is 0 Å². The Hall–Kier alpha value is -2.62. The number of esters is 1. The number of aromatic amines is 1. The van der Waals surface area contributed by atoms with Gasteiger partial charge in [-0.3, -0.25) is 9.69 Å². The molecule has 10 heteroatoms. The number of hydrogen-bond donors (Lipinski definition) is 3. The number of ether oxygens (including phenoxy) is 2. The van der Waals surface area contributed by atoms with Gasteiger partial charge in [0, 0.05) is 13.7 Å². The zero-order valence-corrected chi connectivity index (χ0v) is 17.4. The highest BCUT2D eigenvalue weighted by Crippen LogP contribution is 2.42. The van der Waals surface area contributed by atoms with E-state index < -0.39 is 40.2 Å². The van der Waals surface area contributed by atoms with E-state index in [2.05, 4.69) is 14.7 Å². The summed E-state index contributed by atoms with van der Waals surface area (Å²) in [4.78, 5) is 45.1. The molecular weight excluding hydrogens is 382 g/mol. The lowest BCUT2D eigenvalue weighted by Gasteiger charge is -2.45. The van der Waals surface area contributed by atoms with Crippen LogP contribution < -0.4 is 5.56 Å². The topological polar surface area (TPSA) is 142 Å². The summed E-state index contributed by atoms with van der Waals surface area (Å²) in [5.74, 6) is -1.70. The Kier molecular flexibility index (Phi) is 6.56. The Balaban J connectivity index is 2.57. The summed E-state index contributed by atoms with van der Waals surface area (Å²) < 4.78 is 10.1. The van der Waals surface area contributed by atoms with Crippen molar-refractivity contribution in [2.75, 3.05) is 20.8 Å². The van der Waals surface area contributed by atoms with Crippen LogP contribution in [0.3, 0.4) is 0 Å². The summed E-state index contributed by atoms with van der Waals surface area (Å²) in [5.41, 5.74) is -3.24. The van der Waals surface area contributed by atoms with Gasteiger partial charge in [-0.1, -0.05) is 0 Å². The fourth-order valence-electron chi connectivity index (χ4n) is 3.50. The van der Waals surface area contributed by atoms with Crippen LogP contribution in [0.1, 0.15) is 62.8 Å². The second kappa shape index (κ2) is 8.40. The highest BCUT2D eigenvalue weighted by atomic mass is 16.6. The molecule has 162 valence electrons. The molecule has 3 N–H and O–H groups in total. The minimum absolute atomic E-state index is 0.0131. The molecule has 1 fully saturated rings. The molecule has 1 aromatic rings. The van der Waals surface area contributed by atoms with E-state index in [4.69, 9.17) is 4.74 Å². The van der Waals surface area contributed by atoms with Crippen molar-refractivity contribution in [2.45, 2.75) is 57.6 Å². The van der Waals surface area contributed by atoms with Crippen molar-refractivity contribution < 1.29 is 29.3 Å². The van der Waals surface area contributed by atoms with Crippen molar-refractivity contribution in [1.82, 2.24) is 14.9 Å². The molecule has 0 saturated heterocycles. The molecule has 1 aliphatic carbocycles. The maximum Gasteiger partial charge on any atom is 0.410 e. The molecule has 2 rings (SSSR count). The highest BCUT2D eigenvalue weighted by Gasteiger charge is 2.46. The molecule has 1 heterocycles. The van der Waals surface area contributed by atoms with Crippen molar-refractivity contribution in [3.63, 3.8) is 0 Å². The highest BCUT2D eigenvalue weighted by molar-refractivity contribution is 5.89. The van der Waals surface area contributed by atoms with Gasteiger partial charge in [-0.05, 0) is 52.4 Å². The Labute approximate surface area is 168 Å². The lowest BCUT2D eigenvalue weighted by molar-refractivity contribution is -0.0152. The number of aromatic nitrogens is 2. The number of H-pyrrole nitrogens is 1. The van der Waals surface area contributed by atoms with Crippen molar-refractivity contribution in [1.29, 1.82) is 0 Å². The Morgan fingerprint density at radius 3 is 2.38 bits per heavy atom. The van der Waals surface area contributed by atoms with Crippen LogP contribution in [0.25, 0.3) is 0 Å². The van der Waals surface area contributed by atoms with E-state index in [-0.39, 0.29) is 18.3 Å². The van der Waals surface area contributed by atoms with Gasteiger partial charge in [0.1, 0.15) is 17.0 Å². The standard InChI is InChI=1S/C19H29N3O7/c1-18(2,3)29-17(27)22(4)19(8-6-11(10-23)7-9-19)16-20-12(15(26)28-5)13(24)14(25)21-16/h11,23-24H,6-10H2,1-5H3,(H,20,21,25)/t11-,19+. The number of rotatable bonds is 4. The van der Waals surface area contributed by atoms with Gasteiger partial charge in [0.2, 0.25) is 5.75 Å². The van der Waals surface area contributed by atoms with Gasteiger partial charge in [0.05, 0.1) is 7.11 Å². The Morgan fingerprint density at radius 1 is 1.31 bits per heavy atom. The van der Waals surface area contributed by atoms with Gasteiger partial charge in [-0.25, -0.2) is 14.6 Å². The summed E-state index contributed by atoms with van der Waals surface area (Å²) in [6, 6.07) is 0. The number of aliphatic hydroxyl groups is 1. The molecule has 0 radical (unpaired) electrons. The van der Waals surface area contributed by atoms with Gasteiger partial charge in [-0.2, -0.15) is 0 Å². The first-order valence-electron chi connectivity index (χ1n) is 9.45. The minimum Gasteiger partial charge on any atom is -0.501 e. The number of aromatic hydroxyl groups is 1. The number of carbonyl (C=O) groups excluding carboxylic acids is 2. The molecule has 0 aromatic carbocycles.